The third-order valence-corrected chi connectivity index (χ3v) is 3.92. The van der Waals surface area contributed by atoms with Crippen LogP contribution in [0.4, 0.5) is 0 Å². The molecule has 0 radical (unpaired) electrons. The molecule has 0 fully saturated rings. The number of carboxylic acids is 1. The van der Waals surface area contributed by atoms with Crippen molar-refractivity contribution in [2.24, 2.45) is 0 Å². The number of nitrogens with zero attached hydrogens (tertiary/aromatic N) is 2. The van der Waals surface area contributed by atoms with Gasteiger partial charge in [0.2, 0.25) is 5.62 Å². The Hall–Kier alpha value is -2.05. The van der Waals surface area contributed by atoms with Crippen molar-refractivity contribution in [2.75, 3.05) is 0 Å². The minimum Gasteiger partial charge on any atom is -1.00 e. The van der Waals surface area contributed by atoms with Gasteiger partial charge in [-0.15, -0.1) is 0 Å². The largest absolute Gasteiger partial charge is 1.00 e. The average molecular weight is 396 g/mol. The minimum absolute atomic E-state index is 0. The molecular weight excluding hydrogens is 382 g/mol. The van der Waals surface area contributed by atoms with Crippen molar-refractivity contribution >= 4 is 28.6 Å². The summed E-state index contributed by atoms with van der Waals surface area (Å²) in [6.07, 6.45) is 0. The molecule has 23 heavy (non-hydrogen) atoms. The number of rotatable bonds is 4. The van der Waals surface area contributed by atoms with Crippen LogP contribution in [0.15, 0.2) is 48.5 Å². The van der Waals surface area contributed by atoms with Crippen LogP contribution >= 0.6 is 11.6 Å². The predicted octanol–water partition coefficient (Wildman–Crippen LogP) is -0.287. The van der Waals surface area contributed by atoms with Crippen LogP contribution in [0.3, 0.4) is 0 Å². The number of benzene rings is 2. The van der Waals surface area contributed by atoms with Crippen LogP contribution in [0, 0.1) is 5.41 Å². The second kappa shape index (κ2) is 7.02. The van der Waals surface area contributed by atoms with Gasteiger partial charge in [-0.2, -0.15) is 0 Å². The Labute approximate surface area is 148 Å². The van der Waals surface area contributed by atoms with Gasteiger partial charge in [-0.05, 0) is 23.8 Å². The van der Waals surface area contributed by atoms with Gasteiger partial charge in [0, 0.05) is 5.02 Å². The number of aromatic nitrogens is 2. The molecule has 7 heteroatoms. The quantitative estimate of drug-likeness (QED) is 0.637. The van der Waals surface area contributed by atoms with E-state index in [4.69, 9.17) is 22.1 Å². The maximum atomic E-state index is 11.1. The fourth-order valence-electron chi connectivity index (χ4n) is 2.55. The second-order valence-electron chi connectivity index (χ2n) is 4.97. The van der Waals surface area contributed by atoms with Crippen molar-refractivity contribution in [1.29, 1.82) is 5.41 Å². The molecule has 1 heterocycles. The lowest BCUT2D eigenvalue weighted by Crippen LogP contribution is -3.00. The monoisotopic (exact) mass is 394 g/mol. The Morgan fingerprint density at radius 1 is 1.04 bits per heavy atom. The molecule has 3 aromatic rings. The Bertz CT molecular complexity index is 917. The Morgan fingerprint density at radius 2 is 1.61 bits per heavy atom. The maximum Gasteiger partial charge on any atom is 0.323 e. The van der Waals surface area contributed by atoms with Gasteiger partial charge in [0.25, 0.3) is 0 Å². The van der Waals surface area contributed by atoms with E-state index in [1.807, 2.05) is 42.5 Å². The van der Waals surface area contributed by atoms with Gasteiger partial charge in [0.05, 0.1) is 17.6 Å². The molecule has 2 N–H and O–H groups in total. The van der Waals surface area contributed by atoms with E-state index in [0.717, 1.165) is 16.6 Å². The van der Waals surface area contributed by atoms with Gasteiger partial charge in [0.15, 0.2) is 0 Å². The first-order valence-corrected chi connectivity index (χ1v) is 7.13. The fraction of sp³-hybridized carbons (Fsp3) is 0.125. The molecule has 0 spiro atoms. The molecule has 0 aliphatic heterocycles. The van der Waals surface area contributed by atoms with E-state index < -0.39 is 5.97 Å². The van der Waals surface area contributed by atoms with E-state index in [9.17, 15) is 4.79 Å². The summed E-state index contributed by atoms with van der Waals surface area (Å²) in [5, 5.41) is 18.0. The lowest BCUT2D eigenvalue weighted by Gasteiger charge is -2.06. The number of halogens is 2. The number of carbonyl (C=O) groups is 1. The summed E-state index contributed by atoms with van der Waals surface area (Å²) in [7, 11) is 0. The number of nitrogens with one attached hydrogen (secondary N) is 1. The van der Waals surface area contributed by atoms with Crippen molar-refractivity contribution < 1.29 is 26.9 Å². The topological polar surface area (TPSA) is 71.0 Å². The number of carboxylic acid groups (broad SMARTS) is 1. The molecule has 0 amide bonds. The Kier molecular flexibility index (Phi) is 5.28. The highest BCUT2D eigenvalue weighted by atomic mass is 79.9. The van der Waals surface area contributed by atoms with Gasteiger partial charge >= 0.3 is 5.97 Å². The van der Waals surface area contributed by atoms with Crippen LogP contribution in [0.25, 0.3) is 11.0 Å². The van der Waals surface area contributed by atoms with Crippen molar-refractivity contribution in [1.82, 2.24) is 9.13 Å². The molecule has 0 bridgehead atoms. The van der Waals surface area contributed by atoms with Crippen LogP contribution in [0.1, 0.15) is 5.56 Å². The van der Waals surface area contributed by atoms with Crippen LogP contribution in [-0.2, 0) is 17.9 Å². The zero-order valence-electron chi connectivity index (χ0n) is 12.0. The highest BCUT2D eigenvalue weighted by molar-refractivity contribution is 6.31. The van der Waals surface area contributed by atoms with E-state index in [1.54, 1.807) is 10.6 Å². The van der Waals surface area contributed by atoms with E-state index in [-0.39, 0.29) is 29.1 Å². The zero-order chi connectivity index (χ0) is 15.7. The van der Waals surface area contributed by atoms with Crippen LogP contribution in [-0.4, -0.2) is 20.2 Å². The van der Waals surface area contributed by atoms with Crippen LogP contribution < -0.4 is 22.6 Å². The molecule has 0 aliphatic carbocycles. The van der Waals surface area contributed by atoms with Crippen LogP contribution in [0.2, 0.25) is 5.02 Å². The maximum absolute atomic E-state index is 11.1. The van der Waals surface area contributed by atoms with Gasteiger partial charge in [-0.25, -0.2) is 0 Å². The number of imidazole rings is 1. The van der Waals surface area contributed by atoms with Gasteiger partial charge in [0.1, 0.15) is 6.54 Å². The van der Waals surface area contributed by atoms with Crippen molar-refractivity contribution in [3.8, 4) is 0 Å². The summed E-state index contributed by atoms with van der Waals surface area (Å²) in [6.45, 7) is 0.181. The van der Waals surface area contributed by atoms with Crippen molar-refractivity contribution in [2.45, 2.75) is 13.1 Å². The molecule has 0 aliphatic rings. The Balaban J connectivity index is 0.00000192. The zero-order valence-corrected chi connectivity index (χ0v) is 14.4. The number of hydrogen-bond acceptors (Lipinski definition) is 2. The minimum atomic E-state index is -0.973. The Morgan fingerprint density at radius 3 is 2.22 bits per heavy atom. The van der Waals surface area contributed by atoms with Gasteiger partial charge in [-0.3, -0.25) is 14.8 Å². The summed E-state index contributed by atoms with van der Waals surface area (Å²) in [5.74, 6) is -0.973. The molecule has 0 saturated heterocycles. The average Bonchev–Trinajstić information content (AvgIpc) is 2.75. The highest BCUT2D eigenvalue weighted by Crippen LogP contribution is 2.19. The lowest BCUT2D eigenvalue weighted by molar-refractivity contribution is -0.137. The first-order valence-electron chi connectivity index (χ1n) is 6.76. The standard InChI is InChI=1S/C16H14ClN3O2.BrH/c17-12-6-2-1-5-11(12)9-19-13-7-3-4-8-14(13)20(16(19)18)10-15(21)22;/h1-8,18H,9-10H2,(H,21,22);1H/p-1. The molecule has 2 aromatic carbocycles. The molecular formula is C16H14BrClN3O2-. The van der Waals surface area contributed by atoms with E-state index in [2.05, 4.69) is 0 Å². The lowest BCUT2D eigenvalue weighted by atomic mass is 10.2. The number of hydrogen-bond donors (Lipinski definition) is 2. The van der Waals surface area contributed by atoms with Crippen molar-refractivity contribution in [3.05, 3.63) is 64.7 Å². The fourth-order valence-corrected chi connectivity index (χ4v) is 2.74. The molecule has 1 aromatic heterocycles. The summed E-state index contributed by atoms with van der Waals surface area (Å²) >= 11 is 6.19. The van der Waals surface area contributed by atoms with Crippen molar-refractivity contribution in [3.63, 3.8) is 0 Å². The number of fused-ring (bicyclic) bond motifs is 1. The van der Waals surface area contributed by atoms with E-state index >= 15 is 0 Å². The number of aliphatic carboxylic acids is 1. The number of para-hydroxylation sites is 2. The molecule has 0 unspecified atom stereocenters. The normalized spacial score (nSPS) is 10.5. The molecule has 120 valence electrons. The van der Waals surface area contributed by atoms with Gasteiger partial charge in [-0.1, -0.05) is 41.9 Å². The first kappa shape index (κ1) is 17.3. The molecule has 3 rings (SSSR count). The first-order chi connectivity index (χ1) is 10.6. The summed E-state index contributed by atoms with van der Waals surface area (Å²) in [4.78, 5) is 11.1. The SMILES string of the molecule is N=c1n(CC(=O)O)c2ccccc2n1Cc1ccccc1Cl.[Br-]. The predicted molar refractivity (Wildman–Crippen MR) is 84.0 cm³/mol. The van der Waals surface area contributed by atoms with E-state index in [1.165, 1.54) is 4.57 Å². The third-order valence-electron chi connectivity index (χ3n) is 3.55. The summed E-state index contributed by atoms with van der Waals surface area (Å²) in [6, 6.07) is 14.8. The second-order valence-corrected chi connectivity index (χ2v) is 5.38. The van der Waals surface area contributed by atoms with Gasteiger partial charge < -0.3 is 26.7 Å². The molecule has 0 saturated carbocycles. The van der Waals surface area contributed by atoms with Crippen LogP contribution in [0.5, 0.6) is 0 Å². The summed E-state index contributed by atoms with van der Waals surface area (Å²) < 4.78 is 3.24. The third kappa shape index (κ3) is 3.33. The highest BCUT2D eigenvalue weighted by Gasteiger charge is 2.13. The molecule has 5 nitrogen and oxygen atoms in total. The smallest absolute Gasteiger partial charge is 0.323 e. The summed E-state index contributed by atoms with van der Waals surface area (Å²) in [5.41, 5.74) is 2.57. The van der Waals surface area contributed by atoms with E-state index in [0.29, 0.717) is 11.6 Å². The molecule has 0 atom stereocenters.